The third kappa shape index (κ3) is 70.5. The van der Waals surface area contributed by atoms with Gasteiger partial charge in [-0.1, -0.05) is 350 Å². The molecule has 0 heterocycles. The van der Waals surface area contributed by atoms with Gasteiger partial charge in [-0.3, -0.25) is 37.3 Å². The molecule has 0 radical (unpaired) electrons. The summed E-state index contributed by atoms with van der Waals surface area (Å²) in [6.45, 7) is 9.60. The lowest BCUT2D eigenvalue weighted by Gasteiger charge is -2.21. The van der Waals surface area contributed by atoms with Gasteiger partial charge in [0.2, 0.25) is 0 Å². The zero-order valence-electron chi connectivity index (χ0n) is 62.7. The lowest BCUT2D eigenvalue weighted by atomic mass is 10.0. The fourth-order valence-corrected chi connectivity index (χ4v) is 13.4. The third-order valence-corrected chi connectivity index (χ3v) is 19.9. The predicted octanol–water partition coefficient (Wildman–Crippen LogP) is 22.7. The summed E-state index contributed by atoms with van der Waals surface area (Å²) < 4.78 is 68.6. The van der Waals surface area contributed by atoms with Crippen LogP contribution in [-0.2, 0) is 65.4 Å². The third-order valence-electron chi connectivity index (χ3n) is 18.0. The molecule has 19 heteroatoms. The zero-order chi connectivity index (χ0) is 70.7. The maximum absolute atomic E-state index is 13.1. The number of unbranched alkanes of at least 4 members (excludes halogenated alkanes) is 46. The van der Waals surface area contributed by atoms with Gasteiger partial charge < -0.3 is 33.8 Å². The minimum Gasteiger partial charge on any atom is -0.462 e. The molecular weight excluding hydrogens is 1260 g/mol. The van der Waals surface area contributed by atoms with Gasteiger partial charge in [0.15, 0.2) is 12.2 Å². The van der Waals surface area contributed by atoms with E-state index in [0.717, 1.165) is 102 Å². The Morgan fingerprint density at radius 2 is 0.479 bits per heavy atom. The lowest BCUT2D eigenvalue weighted by Crippen LogP contribution is -2.30. The van der Waals surface area contributed by atoms with Crippen molar-refractivity contribution < 1.29 is 80.2 Å². The Morgan fingerprint density at radius 1 is 0.281 bits per heavy atom. The van der Waals surface area contributed by atoms with E-state index < -0.39 is 97.5 Å². The van der Waals surface area contributed by atoms with Crippen LogP contribution >= 0.6 is 15.6 Å². The molecule has 5 atom stereocenters. The highest BCUT2D eigenvalue weighted by Crippen LogP contribution is 2.45. The minimum absolute atomic E-state index is 0.106. The molecule has 2 unspecified atom stereocenters. The zero-order valence-corrected chi connectivity index (χ0v) is 64.5. The number of rotatable bonds is 76. The summed E-state index contributed by atoms with van der Waals surface area (Å²) in [5.74, 6) is -0.601. The SMILES string of the molecule is CCCCCCCCCCCCCCCCCC(=O)OC[C@H](COP(=O)(O)OC[C@@H](O)COP(=O)(O)OC[C@@H](COC(=O)CCCCCCCCCCCCC(C)C)OC(=O)CCCCCCCCCCCCC(C)C)OC(=O)CCCCCCCCCCCCCCCCC. The van der Waals surface area contributed by atoms with Crippen LogP contribution < -0.4 is 0 Å². The molecule has 0 amide bonds. The van der Waals surface area contributed by atoms with Crippen LogP contribution in [0.3, 0.4) is 0 Å². The standard InChI is InChI=1S/C77H150O17P2/c1-7-9-11-13-15-17-19-21-23-25-27-35-41-47-53-59-74(79)87-65-72(93-76(81)61-55-49-43-37-28-26-24-22-20-18-16-14-12-10-8-2)67-91-95(83,84)89-63-71(78)64-90-96(85,86)92-68-73(94-77(82)62-56-50-44-38-32-30-34-40-46-52-58-70(5)6)66-88-75(80)60-54-48-42-36-31-29-33-39-45-51-57-69(3)4/h69-73,78H,7-68H2,1-6H3,(H,83,84)(H,85,86)/t71-,72-,73-/m1/s1. The number of phosphoric acid groups is 2. The first-order valence-corrected chi connectivity index (χ1v) is 43.0. The van der Waals surface area contributed by atoms with Gasteiger partial charge in [-0.25, -0.2) is 9.13 Å². The number of hydrogen-bond acceptors (Lipinski definition) is 15. The van der Waals surface area contributed by atoms with Gasteiger partial charge in [0.25, 0.3) is 0 Å². The Labute approximate surface area is 588 Å². The summed E-state index contributed by atoms with van der Waals surface area (Å²) in [7, 11) is -9.91. The van der Waals surface area contributed by atoms with Crippen molar-refractivity contribution >= 4 is 39.5 Å². The Hall–Kier alpha value is -1.94. The van der Waals surface area contributed by atoms with E-state index in [-0.39, 0.29) is 25.7 Å². The van der Waals surface area contributed by atoms with Crippen molar-refractivity contribution in [3.63, 3.8) is 0 Å². The average molecular weight is 1410 g/mol. The van der Waals surface area contributed by atoms with E-state index in [1.807, 2.05) is 0 Å². The van der Waals surface area contributed by atoms with E-state index in [1.54, 1.807) is 0 Å². The topological polar surface area (TPSA) is 237 Å². The first-order chi connectivity index (χ1) is 46.4. The molecular formula is C77H150O17P2. The van der Waals surface area contributed by atoms with Crippen molar-refractivity contribution in [1.29, 1.82) is 0 Å². The highest BCUT2D eigenvalue weighted by atomic mass is 31.2. The summed E-state index contributed by atoms with van der Waals surface area (Å²) >= 11 is 0. The normalized spacial score (nSPS) is 14.0. The second kappa shape index (κ2) is 68.8. The van der Waals surface area contributed by atoms with Crippen LogP contribution in [0.1, 0.15) is 401 Å². The largest absolute Gasteiger partial charge is 0.472 e. The minimum atomic E-state index is -4.96. The fraction of sp³-hybridized carbons (Fsp3) is 0.948. The van der Waals surface area contributed by atoms with Gasteiger partial charge in [0.1, 0.15) is 19.3 Å². The lowest BCUT2D eigenvalue weighted by molar-refractivity contribution is -0.161. The second-order valence-corrected chi connectivity index (χ2v) is 31.6. The summed E-state index contributed by atoms with van der Waals surface area (Å²) in [6.07, 6.45) is 56.7. The number of hydrogen-bond donors (Lipinski definition) is 3. The molecule has 0 bridgehead atoms. The van der Waals surface area contributed by atoms with E-state index in [9.17, 15) is 43.2 Å². The van der Waals surface area contributed by atoms with Crippen molar-refractivity contribution in [3.8, 4) is 0 Å². The Balaban J connectivity index is 5.27. The number of esters is 4. The molecule has 0 aliphatic carbocycles. The van der Waals surface area contributed by atoms with Gasteiger partial charge in [0, 0.05) is 25.7 Å². The number of ether oxygens (including phenoxy) is 4. The van der Waals surface area contributed by atoms with Gasteiger partial charge in [0.05, 0.1) is 26.4 Å². The first-order valence-electron chi connectivity index (χ1n) is 40.0. The van der Waals surface area contributed by atoms with Crippen LogP contribution in [0.15, 0.2) is 0 Å². The Morgan fingerprint density at radius 3 is 0.708 bits per heavy atom. The summed E-state index contributed by atoms with van der Waals surface area (Å²) in [5.41, 5.74) is 0. The molecule has 0 rings (SSSR count). The predicted molar refractivity (Wildman–Crippen MR) is 391 cm³/mol. The molecule has 0 fully saturated rings. The summed E-state index contributed by atoms with van der Waals surface area (Å²) in [5, 5.41) is 10.6. The van der Waals surface area contributed by atoms with Crippen LogP contribution in [0.5, 0.6) is 0 Å². The van der Waals surface area contributed by atoms with Crippen LogP contribution in [0.25, 0.3) is 0 Å². The first kappa shape index (κ1) is 94.1. The molecule has 0 aromatic carbocycles. The van der Waals surface area contributed by atoms with Crippen LogP contribution in [0.2, 0.25) is 0 Å². The molecule has 0 aromatic rings. The molecule has 0 aliphatic rings. The fourth-order valence-electron chi connectivity index (χ4n) is 11.8. The Bertz CT molecular complexity index is 1860. The average Bonchev–Trinajstić information content (AvgIpc) is 2.69. The molecule has 3 N–H and O–H groups in total. The van der Waals surface area contributed by atoms with E-state index in [4.69, 9.17) is 37.0 Å². The smallest absolute Gasteiger partial charge is 0.462 e. The molecule has 0 saturated heterocycles. The Kier molecular flexibility index (Phi) is 67.4. The summed E-state index contributed by atoms with van der Waals surface area (Å²) in [4.78, 5) is 72.9. The molecule has 0 aromatic heterocycles. The van der Waals surface area contributed by atoms with Gasteiger partial charge in [-0.05, 0) is 37.5 Å². The molecule has 0 spiro atoms. The van der Waals surface area contributed by atoms with Crippen molar-refractivity contribution in [2.75, 3.05) is 39.6 Å². The number of carbonyl (C=O) groups excluding carboxylic acids is 4. The molecule has 96 heavy (non-hydrogen) atoms. The number of aliphatic hydroxyl groups excluding tert-OH is 1. The molecule has 570 valence electrons. The van der Waals surface area contributed by atoms with Crippen molar-refractivity contribution in [2.45, 2.75) is 419 Å². The highest BCUT2D eigenvalue weighted by molar-refractivity contribution is 7.47. The van der Waals surface area contributed by atoms with E-state index >= 15 is 0 Å². The van der Waals surface area contributed by atoms with Crippen LogP contribution in [0.4, 0.5) is 0 Å². The van der Waals surface area contributed by atoms with E-state index in [0.29, 0.717) is 25.7 Å². The van der Waals surface area contributed by atoms with Crippen LogP contribution in [-0.4, -0.2) is 96.7 Å². The molecule has 0 aliphatic heterocycles. The highest BCUT2D eigenvalue weighted by Gasteiger charge is 2.30. The maximum atomic E-state index is 13.1. The van der Waals surface area contributed by atoms with E-state index in [1.165, 1.54) is 218 Å². The quantitative estimate of drug-likeness (QED) is 0.0222. The van der Waals surface area contributed by atoms with Crippen LogP contribution in [0, 0.1) is 11.8 Å². The van der Waals surface area contributed by atoms with E-state index in [2.05, 4.69) is 41.5 Å². The van der Waals surface area contributed by atoms with Crippen molar-refractivity contribution in [1.82, 2.24) is 0 Å². The van der Waals surface area contributed by atoms with Gasteiger partial charge in [-0.2, -0.15) is 0 Å². The monoisotopic (exact) mass is 1410 g/mol. The van der Waals surface area contributed by atoms with Gasteiger partial charge in [-0.15, -0.1) is 0 Å². The summed E-state index contributed by atoms with van der Waals surface area (Å²) in [6, 6.07) is 0. The van der Waals surface area contributed by atoms with Crippen molar-refractivity contribution in [3.05, 3.63) is 0 Å². The number of phosphoric ester groups is 2. The number of carbonyl (C=O) groups is 4. The molecule has 0 saturated carbocycles. The second-order valence-electron chi connectivity index (χ2n) is 28.7. The van der Waals surface area contributed by atoms with Gasteiger partial charge >= 0.3 is 39.5 Å². The maximum Gasteiger partial charge on any atom is 0.472 e. The van der Waals surface area contributed by atoms with Crippen molar-refractivity contribution in [2.24, 2.45) is 11.8 Å². The number of aliphatic hydroxyl groups is 1. The molecule has 17 nitrogen and oxygen atoms in total.